The van der Waals surface area contributed by atoms with Gasteiger partial charge in [0.25, 0.3) is 5.91 Å². The third kappa shape index (κ3) is 2.50. The summed E-state index contributed by atoms with van der Waals surface area (Å²) in [5, 5.41) is 0. The third-order valence-corrected chi connectivity index (χ3v) is 3.05. The second-order valence-electron chi connectivity index (χ2n) is 4.42. The molecule has 1 amide bonds. The normalized spacial score (nSPS) is 18.8. The third-order valence-electron chi connectivity index (χ3n) is 3.05. The van der Waals surface area contributed by atoms with Gasteiger partial charge in [0.15, 0.2) is 0 Å². The number of hydrogen-bond acceptors (Lipinski definition) is 4. The van der Waals surface area contributed by atoms with Crippen molar-refractivity contribution in [2.75, 3.05) is 18.1 Å². The molecule has 0 aromatic heterocycles. The standard InChI is InChI=1S/C14H15NO4/c1-3-19-14(18)11-8-15(13(17)12(11)16)10-6-4-9(2)5-7-10/h4-7,11H,3,8H2,1-2H3/t11-/m0/s1. The molecule has 0 unspecified atom stereocenters. The van der Waals surface area contributed by atoms with E-state index in [1.807, 2.05) is 19.1 Å². The van der Waals surface area contributed by atoms with Gasteiger partial charge in [-0.2, -0.15) is 0 Å². The van der Waals surface area contributed by atoms with Crippen LogP contribution in [-0.2, 0) is 19.1 Å². The van der Waals surface area contributed by atoms with Crippen LogP contribution in [0.3, 0.4) is 0 Å². The summed E-state index contributed by atoms with van der Waals surface area (Å²) in [5.41, 5.74) is 1.68. The Morgan fingerprint density at radius 1 is 1.32 bits per heavy atom. The predicted molar refractivity (Wildman–Crippen MR) is 68.7 cm³/mol. The Labute approximate surface area is 111 Å². The molecule has 5 nitrogen and oxygen atoms in total. The fourth-order valence-electron chi connectivity index (χ4n) is 2.00. The summed E-state index contributed by atoms with van der Waals surface area (Å²) in [6.45, 7) is 3.85. The van der Waals surface area contributed by atoms with E-state index in [0.717, 1.165) is 5.56 Å². The molecule has 1 aliphatic heterocycles. The van der Waals surface area contributed by atoms with Crippen molar-refractivity contribution in [1.82, 2.24) is 0 Å². The first-order chi connectivity index (χ1) is 9.04. The second-order valence-corrected chi connectivity index (χ2v) is 4.42. The summed E-state index contributed by atoms with van der Waals surface area (Å²) < 4.78 is 4.81. The topological polar surface area (TPSA) is 63.7 Å². The summed E-state index contributed by atoms with van der Waals surface area (Å²) in [6, 6.07) is 7.22. The molecule has 0 spiro atoms. The smallest absolute Gasteiger partial charge is 0.318 e. The fourth-order valence-corrected chi connectivity index (χ4v) is 2.00. The molecule has 2 rings (SSSR count). The Hall–Kier alpha value is -2.17. The number of ether oxygens (including phenoxy) is 1. The lowest BCUT2D eigenvalue weighted by Gasteiger charge is -2.15. The molecule has 0 bridgehead atoms. The van der Waals surface area contributed by atoms with Gasteiger partial charge in [-0.3, -0.25) is 14.4 Å². The number of nitrogens with zero attached hydrogens (tertiary/aromatic N) is 1. The molecule has 100 valence electrons. The maximum Gasteiger partial charge on any atom is 0.318 e. The molecular weight excluding hydrogens is 246 g/mol. The first-order valence-electron chi connectivity index (χ1n) is 6.13. The minimum Gasteiger partial charge on any atom is -0.465 e. The number of benzene rings is 1. The van der Waals surface area contributed by atoms with E-state index >= 15 is 0 Å². The summed E-state index contributed by atoms with van der Waals surface area (Å²) in [4.78, 5) is 36.6. The molecule has 0 saturated carbocycles. The van der Waals surface area contributed by atoms with E-state index in [4.69, 9.17) is 4.74 Å². The van der Waals surface area contributed by atoms with E-state index in [1.165, 1.54) is 4.90 Å². The maximum absolute atomic E-state index is 11.9. The van der Waals surface area contributed by atoms with Crippen molar-refractivity contribution in [2.45, 2.75) is 13.8 Å². The van der Waals surface area contributed by atoms with Crippen LogP contribution in [0, 0.1) is 12.8 Å². The highest BCUT2D eigenvalue weighted by molar-refractivity contribution is 6.47. The van der Waals surface area contributed by atoms with Crippen molar-refractivity contribution < 1.29 is 19.1 Å². The van der Waals surface area contributed by atoms with Crippen LogP contribution in [0.1, 0.15) is 12.5 Å². The van der Waals surface area contributed by atoms with Crippen molar-refractivity contribution >= 4 is 23.3 Å². The number of carbonyl (C=O) groups excluding carboxylic acids is 3. The van der Waals surface area contributed by atoms with Crippen LogP contribution < -0.4 is 4.90 Å². The summed E-state index contributed by atoms with van der Waals surface area (Å²) >= 11 is 0. The number of hydrogen-bond donors (Lipinski definition) is 0. The van der Waals surface area contributed by atoms with Gasteiger partial charge in [-0.15, -0.1) is 0 Å². The van der Waals surface area contributed by atoms with Crippen LogP contribution in [0.5, 0.6) is 0 Å². The zero-order valence-electron chi connectivity index (χ0n) is 10.9. The first-order valence-corrected chi connectivity index (χ1v) is 6.13. The van der Waals surface area contributed by atoms with E-state index in [2.05, 4.69) is 0 Å². The highest BCUT2D eigenvalue weighted by Gasteiger charge is 2.44. The number of rotatable bonds is 3. The summed E-state index contributed by atoms with van der Waals surface area (Å²) in [6.07, 6.45) is 0. The lowest BCUT2D eigenvalue weighted by Crippen LogP contribution is -2.26. The molecule has 1 aromatic rings. The second kappa shape index (κ2) is 5.22. The van der Waals surface area contributed by atoms with Gasteiger partial charge in [0.05, 0.1) is 6.61 Å². The van der Waals surface area contributed by atoms with Crippen LogP contribution in [-0.4, -0.2) is 30.8 Å². The first kappa shape index (κ1) is 13.3. The van der Waals surface area contributed by atoms with Crippen LogP contribution in [0.15, 0.2) is 24.3 Å². The largest absolute Gasteiger partial charge is 0.465 e. The minimum absolute atomic E-state index is 0.0551. The zero-order chi connectivity index (χ0) is 14.0. The molecule has 1 aromatic carbocycles. The Balaban J connectivity index is 2.21. The van der Waals surface area contributed by atoms with E-state index in [1.54, 1.807) is 19.1 Å². The zero-order valence-corrected chi connectivity index (χ0v) is 10.9. The van der Waals surface area contributed by atoms with Gasteiger partial charge in [0.2, 0.25) is 5.78 Å². The molecule has 0 aliphatic carbocycles. The van der Waals surface area contributed by atoms with Crippen molar-refractivity contribution in [2.24, 2.45) is 5.92 Å². The average Bonchev–Trinajstić information content (AvgIpc) is 2.68. The Bertz CT molecular complexity index is 521. The number of esters is 1. The van der Waals surface area contributed by atoms with Gasteiger partial charge in [-0.05, 0) is 26.0 Å². The summed E-state index contributed by atoms with van der Waals surface area (Å²) in [7, 11) is 0. The number of anilines is 1. The number of aryl methyl sites for hydroxylation is 1. The van der Waals surface area contributed by atoms with Gasteiger partial charge >= 0.3 is 5.97 Å². The molecule has 1 atom stereocenters. The van der Waals surface area contributed by atoms with Gasteiger partial charge in [0, 0.05) is 12.2 Å². The monoisotopic (exact) mass is 261 g/mol. The van der Waals surface area contributed by atoms with Crippen LogP contribution in [0.25, 0.3) is 0 Å². The van der Waals surface area contributed by atoms with Crippen LogP contribution in [0.4, 0.5) is 5.69 Å². The van der Waals surface area contributed by atoms with Crippen molar-refractivity contribution in [3.63, 3.8) is 0 Å². The van der Waals surface area contributed by atoms with Gasteiger partial charge in [-0.25, -0.2) is 0 Å². The number of Topliss-reactive ketones (excluding diaryl/α,β-unsaturated/α-hetero) is 1. The molecule has 0 N–H and O–H groups in total. The summed E-state index contributed by atoms with van der Waals surface area (Å²) in [5.74, 6) is -2.98. The molecular formula is C14H15NO4. The van der Waals surface area contributed by atoms with Gasteiger partial charge in [0.1, 0.15) is 5.92 Å². The van der Waals surface area contributed by atoms with Crippen molar-refractivity contribution in [1.29, 1.82) is 0 Å². The van der Waals surface area contributed by atoms with Crippen molar-refractivity contribution in [3.05, 3.63) is 29.8 Å². The number of ketones is 1. The van der Waals surface area contributed by atoms with Gasteiger partial charge < -0.3 is 9.64 Å². The lowest BCUT2D eigenvalue weighted by atomic mass is 10.1. The van der Waals surface area contributed by atoms with Crippen LogP contribution >= 0.6 is 0 Å². The highest BCUT2D eigenvalue weighted by Crippen LogP contribution is 2.24. The molecule has 0 radical (unpaired) electrons. The lowest BCUT2D eigenvalue weighted by molar-refractivity contribution is -0.151. The van der Waals surface area contributed by atoms with Crippen LogP contribution in [0.2, 0.25) is 0 Å². The molecule has 1 aliphatic rings. The molecule has 5 heteroatoms. The van der Waals surface area contributed by atoms with E-state index in [0.29, 0.717) is 5.69 Å². The Morgan fingerprint density at radius 2 is 1.95 bits per heavy atom. The highest BCUT2D eigenvalue weighted by atomic mass is 16.5. The van der Waals surface area contributed by atoms with E-state index in [-0.39, 0.29) is 13.2 Å². The van der Waals surface area contributed by atoms with E-state index < -0.39 is 23.6 Å². The molecule has 1 heterocycles. The van der Waals surface area contributed by atoms with Gasteiger partial charge in [-0.1, -0.05) is 17.7 Å². The number of amides is 1. The molecule has 1 fully saturated rings. The number of carbonyl (C=O) groups is 3. The molecule has 1 saturated heterocycles. The quantitative estimate of drug-likeness (QED) is 0.464. The van der Waals surface area contributed by atoms with Crippen molar-refractivity contribution in [3.8, 4) is 0 Å². The predicted octanol–water partition coefficient (Wildman–Crippen LogP) is 1.09. The minimum atomic E-state index is -1.01. The molecule has 19 heavy (non-hydrogen) atoms. The SMILES string of the molecule is CCOC(=O)[C@H]1CN(c2ccc(C)cc2)C(=O)C1=O. The van der Waals surface area contributed by atoms with E-state index in [9.17, 15) is 14.4 Å². The Morgan fingerprint density at radius 3 is 2.53 bits per heavy atom. The fraction of sp³-hybridized carbons (Fsp3) is 0.357. The Kier molecular flexibility index (Phi) is 3.64. The maximum atomic E-state index is 11.9. The average molecular weight is 261 g/mol.